The zero-order valence-electron chi connectivity index (χ0n) is 21.2. The number of esters is 1. The lowest BCUT2D eigenvalue weighted by molar-refractivity contribution is -0.145. The minimum Gasteiger partial charge on any atom is -0.466 e. The molecule has 0 aliphatic heterocycles. The molecule has 0 bridgehead atoms. The van der Waals surface area contributed by atoms with E-state index >= 15 is 0 Å². The summed E-state index contributed by atoms with van der Waals surface area (Å²) in [7, 11) is -2.59. The van der Waals surface area contributed by atoms with E-state index in [-0.39, 0.29) is 22.5 Å². The highest BCUT2D eigenvalue weighted by atomic mass is 28.4. The molecule has 0 spiro atoms. The molecule has 0 saturated heterocycles. The van der Waals surface area contributed by atoms with Gasteiger partial charge in [0.05, 0.1) is 13.0 Å². The quantitative estimate of drug-likeness (QED) is 0.272. The maximum absolute atomic E-state index is 12.2. The molecule has 0 N–H and O–H groups in total. The third-order valence-corrected chi connectivity index (χ3v) is 11.9. The van der Waals surface area contributed by atoms with Crippen molar-refractivity contribution in [3.8, 4) is 0 Å². The molecular formula is C29H40O3Si. The lowest BCUT2D eigenvalue weighted by Gasteiger charge is -2.46. The summed E-state index contributed by atoms with van der Waals surface area (Å²) in [6, 6.07) is 21.7. The maximum Gasteiger partial charge on any atom is 0.306 e. The van der Waals surface area contributed by atoms with Crippen molar-refractivity contribution in [1.29, 1.82) is 0 Å². The van der Waals surface area contributed by atoms with Gasteiger partial charge in [0.1, 0.15) is 0 Å². The Morgan fingerprint density at radius 3 is 1.97 bits per heavy atom. The van der Waals surface area contributed by atoms with E-state index in [1.165, 1.54) is 15.9 Å². The standard InChI is InChI=1S/C29H40O3Si/c1-7-31-27(30)22-29(5,6)23-15-14-16-24(21-23)32-33(28(2,3)4,25-17-10-8-11-18-25)26-19-12-9-13-20-26/h8-13,15,17-20,24H,7,14,16,21-22H2,1-6H3. The van der Waals surface area contributed by atoms with Gasteiger partial charge >= 0.3 is 5.97 Å². The van der Waals surface area contributed by atoms with Crippen LogP contribution in [0.4, 0.5) is 0 Å². The molecule has 1 unspecified atom stereocenters. The molecule has 2 aromatic rings. The van der Waals surface area contributed by atoms with Gasteiger partial charge in [-0.15, -0.1) is 0 Å². The van der Waals surface area contributed by atoms with Crippen LogP contribution in [0.3, 0.4) is 0 Å². The highest BCUT2D eigenvalue weighted by Gasteiger charge is 2.51. The number of rotatable bonds is 8. The zero-order valence-corrected chi connectivity index (χ0v) is 22.2. The average Bonchev–Trinajstić information content (AvgIpc) is 2.78. The fraction of sp³-hybridized carbons (Fsp3) is 0.483. The fourth-order valence-corrected chi connectivity index (χ4v) is 9.87. The van der Waals surface area contributed by atoms with Crippen molar-refractivity contribution in [2.45, 2.75) is 78.4 Å². The van der Waals surface area contributed by atoms with Crippen LogP contribution in [0, 0.1) is 5.41 Å². The number of allylic oxidation sites excluding steroid dienone is 1. The van der Waals surface area contributed by atoms with Crippen molar-refractivity contribution in [3.05, 3.63) is 72.3 Å². The van der Waals surface area contributed by atoms with Crippen molar-refractivity contribution < 1.29 is 14.0 Å². The molecule has 0 heterocycles. The van der Waals surface area contributed by atoms with Crippen molar-refractivity contribution in [2.24, 2.45) is 5.41 Å². The van der Waals surface area contributed by atoms with Crippen molar-refractivity contribution in [1.82, 2.24) is 0 Å². The van der Waals surface area contributed by atoms with E-state index < -0.39 is 8.32 Å². The van der Waals surface area contributed by atoms with Gasteiger partial charge in [-0.05, 0) is 47.0 Å². The zero-order chi connectivity index (χ0) is 24.1. The number of ether oxygens (including phenoxy) is 1. The fourth-order valence-electron chi connectivity index (χ4n) is 5.15. The van der Waals surface area contributed by atoms with Crippen LogP contribution in [-0.4, -0.2) is 27.0 Å². The minimum atomic E-state index is -2.59. The molecule has 178 valence electrons. The van der Waals surface area contributed by atoms with Crippen LogP contribution < -0.4 is 10.4 Å². The molecular weight excluding hydrogens is 424 g/mol. The van der Waals surface area contributed by atoms with Crippen LogP contribution in [0.15, 0.2) is 72.3 Å². The average molecular weight is 465 g/mol. The Bertz CT molecular complexity index is 902. The second-order valence-corrected chi connectivity index (χ2v) is 15.0. The van der Waals surface area contributed by atoms with Gasteiger partial charge in [0.25, 0.3) is 8.32 Å². The van der Waals surface area contributed by atoms with Crippen LogP contribution in [0.2, 0.25) is 5.04 Å². The molecule has 0 aromatic heterocycles. The largest absolute Gasteiger partial charge is 0.466 e. The Morgan fingerprint density at radius 2 is 1.48 bits per heavy atom. The highest BCUT2D eigenvalue weighted by Crippen LogP contribution is 2.42. The first-order valence-electron chi connectivity index (χ1n) is 12.2. The van der Waals surface area contributed by atoms with Gasteiger partial charge in [-0.25, -0.2) is 0 Å². The molecule has 3 rings (SSSR count). The Balaban J connectivity index is 1.96. The molecule has 0 saturated carbocycles. The molecule has 0 amide bonds. The summed E-state index contributed by atoms with van der Waals surface area (Å²) < 4.78 is 12.6. The topological polar surface area (TPSA) is 35.5 Å². The third-order valence-electron chi connectivity index (χ3n) is 6.85. The molecule has 1 aliphatic rings. The van der Waals surface area contributed by atoms with Gasteiger partial charge in [0, 0.05) is 6.10 Å². The summed E-state index contributed by atoms with van der Waals surface area (Å²) in [5, 5.41) is 2.58. The van der Waals surface area contributed by atoms with E-state index in [2.05, 4.69) is 101 Å². The van der Waals surface area contributed by atoms with Crippen LogP contribution in [0.5, 0.6) is 0 Å². The Morgan fingerprint density at radius 1 is 0.939 bits per heavy atom. The van der Waals surface area contributed by atoms with Gasteiger partial charge in [-0.3, -0.25) is 4.79 Å². The molecule has 0 radical (unpaired) electrons. The van der Waals surface area contributed by atoms with Crippen molar-refractivity contribution >= 4 is 24.7 Å². The van der Waals surface area contributed by atoms with E-state index in [0.29, 0.717) is 13.0 Å². The van der Waals surface area contributed by atoms with Gasteiger partial charge in [0.2, 0.25) is 0 Å². The van der Waals surface area contributed by atoms with Crippen molar-refractivity contribution in [2.75, 3.05) is 6.61 Å². The molecule has 1 aliphatic carbocycles. The second kappa shape index (κ2) is 10.4. The molecule has 4 heteroatoms. The number of hydrogen-bond donors (Lipinski definition) is 0. The Kier molecular flexibility index (Phi) is 8.02. The minimum absolute atomic E-state index is 0.0442. The summed E-state index contributed by atoms with van der Waals surface area (Å²) in [4.78, 5) is 12.2. The van der Waals surface area contributed by atoms with Gasteiger partial charge < -0.3 is 9.16 Å². The second-order valence-electron chi connectivity index (χ2n) is 10.8. The molecule has 1 atom stereocenters. The summed E-state index contributed by atoms with van der Waals surface area (Å²) in [6.45, 7) is 13.6. The summed E-state index contributed by atoms with van der Waals surface area (Å²) >= 11 is 0. The number of carbonyl (C=O) groups excluding carboxylic acids is 1. The molecule has 3 nitrogen and oxygen atoms in total. The lowest BCUT2D eigenvalue weighted by atomic mass is 9.75. The van der Waals surface area contributed by atoms with Gasteiger partial charge in [-0.2, -0.15) is 0 Å². The first kappa shape index (κ1) is 25.4. The first-order valence-corrected chi connectivity index (χ1v) is 14.1. The predicted molar refractivity (Wildman–Crippen MR) is 139 cm³/mol. The van der Waals surface area contributed by atoms with Crippen molar-refractivity contribution in [3.63, 3.8) is 0 Å². The number of hydrogen-bond acceptors (Lipinski definition) is 3. The van der Waals surface area contributed by atoms with Gasteiger partial charge in [0.15, 0.2) is 0 Å². The highest BCUT2D eigenvalue weighted by molar-refractivity contribution is 6.99. The third kappa shape index (κ3) is 5.67. The number of benzene rings is 2. The van der Waals surface area contributed by atoms with E-state index in [1.54, 1.807) is 0 Å². The van der Waals surface area contributed by atoms with Crippen LogP contribution >= 0.6 is 0 Å². The normalized spacial score (nSPS) is 17.4. The van der Waals surface area contributed by atoms with E-state index in [4.69, 9.17) is 9.16 Å². The predicted octanol–water partition coefficient (Wildman–Crippen LogP) is 6.02. The SMILES string of the molecule is CCOC(=O)CC(C)(C)C1=CCCC(O[Si](c2ccccc2)(c2ccccc2)C(C)(C)C)C1. The van der Waals surface area contributed by atoms with Crippen LogP contribution in [-0.2, 0) is 14.0 Å². The Hall–Kier alpha value is -2.17. The lowest BCUT2D eigenvalue weighted by Crippen LogP contribution is -2.67. The molecule has 33 heavy (non-hydrogen) atoms. The smallest absolute Gasteiger partial charge is 0.306 e. The van der Waals surface area contributed by atoms with Crippen LogP contribution in [0.25, 0.3) is 0 Å². The maximum atomic E-state index is 12.2. The Labute approximate surface area is 201 Å². The monoisotopic (exact) mass is 464 g/mol. The summed E-state index contributed by atoms with van der Waals surface area (Å²) in [5.74, 6) is -0.126. The first-order chi connectivity index (χ1) is 15.6. The molecule has 2 aromatic carbocycles. The summed E-state index contributed by atoms with van der Waals surface area (Å²) in [5.41, 5.74) is 1.07. The van der Waals surface area contributed by atoms with E-state index in [9.17, 15) is 4.79 Å². The van der Waals surface area contributed by atoms with Crippen LogP contribution in [0.1, 0.15) is 67.2 Å². The molecule has 0 fully saturated rings. The van der Waals surface area contributed by atoms with Gasteiger partial charge in [-0.1, -0.05) is 107 Å². The van der Waals surface area contributed by atoms with E-state index in [0.717, 1.165) is 19.3 Å². The number of carbonyl (C=O) groups is 1. The summed E-state index contributed by atoms with van der Waals surface area (Å²) in [6.07, 6.45) is 5.69. The van der Waals surface area contributed by atoms with E-state index in [1.807, 2.05) is 6.92 Å².